The standard InChI is InChI=1S/C17H24O4/c1-10(7-11-3-4-12-14(8-11)19-12)16(18)21-17(2)6-5-13-15(9-17)20-13/h7,11-15H,3-6,8-9H2,1-2H3. The van der Waals surface area contributed by atoms with Gasteiger partial charge in [-0.25, -0.2) is 4.79 Å². The van der Waals surface area contributed by atoms with Gasteiger partial charge < -0.3 is 14.2 Å². The average Bonchev–Trinajstić information content (AvgIpc) is 3.31. The highest BCUT2D eigenvalue weighted by atomic mass is 16.6. The summed E-state index contributed by atoms with van der Waals surface area (Å²) >= 11 is 0. The third-order valence-corrected chi connectivity index (χ3v) is 5.47. The van der Waals surface area contributed by atoms with Crippen molar-refractivity contribution in [1.29, 1.82) is 0 Å². The minimum Gasteiger partial charge on any atom is -0.456 e. The predicted octanol–water partition coefficient (Wildman–Crippen LogP) is 2.75. The van der Waals surface area contributed by atoms with Gasteiger partial charge in [-0.1, -0.05) is 6.08 Å². The minimum absolute atomic E-state index is 0.157. The van der Waals surface area contributed by atoms with Gasteiger partial charge in [-0.15, -0.1) is 0 Å². The van der Waals surface area contributed by atoms with Crippen LogP contribution in [0.15, 0.2) is 11.6 Å². The topological polar surface area (TPSA) is 51.4 Å². The van der Waals surface area contributed by atoms with Gasteiger partial charge in [0, 0.05) is 12.0 Å². The number of fused-ring (bicyclic) bond motifs is 2. The fraction of sp³-hybridized carbons (Fsp3) is 0.824. The fourth-order valence-electron chi connectivity index (χ4n) is 3.99. The van der Waals surface area contributed by atoms with Crippen LogP contribution in [0.2, 0.25) is 0 Å². The summed E-state index contributed by atoms with van der Waals surface area (Å²) in [5.74, 6) is 0.312. The molecule has 116 valence electrons. The van der Waals surface area contributed by atoms with Crippen molar-refractivity contribution in [2.75, 3.05) is 0 Å². The largest absolute Gasteiger partial charge is 0.456 e. The second-order valence-corrected chi connectivity index (χ2v) is 7.43. The molecule has 0 spiro atoms. The Labute approximate surface area is 125 Å². The van der Waals surface area contributed by atoms with E-state index in [0.29, 0.717) is 30.3 Å². The van der Waals surface area contributed by atoms with Crippen molar-refractivity contribution in [2.24, 2.45) is 5.92 Å². The zero-order valence-corrected chi connectivity index (χ0v) is 12.8. The van der Waals surface area contributed by atoms with Crippen LogP contribution in [-0.4, -0.2) is 36.0 Å². The van der Waals surface area contributed by atoms with Crippen LogP contribution >= 0.6 is 0 Å². The maximum absolute atomic E-state index is 12.3. The molecule has 21 heavy (non-hydrogen) atoms. The summed E-state index contributed by atoms with van der Waals surface area (Å²) < 4.78 is 16.9. The van der Waals surface area contributed by atoms with Gasteiger partial charge in [-0.3, -0.25) is 0 Å². The van der Waals surface area contributed by atoms with Gasteiger partial charge >= 0.3 is 5.97 Å². The van der Waals surface area contributed by atoms with Crippen LogP contribution in [-0.2, 0) is 19.0 Å². The maximum Gasteiger partial charge on any atom is 0.333 e. The van der Waals surface area contributed by atoms with E-state index < -0.39 is 0 Å². The molecule has 6 atom stereocenters. The highest BCUT2D eigenvalue weighted by Crippen LogP contribution is 2.44. The van der Waals surface area contributed by atoms with Crippen molar-refractivity contribution in [3.05, 3.63) is 11.6 Å². The summed E-state index contributed by atoms with van der Waals surface area (Å²) in [6, 6.07) is 0. The second-order valence-electron chi connectivity index (χ2n) is 7.43. The number of esters is 1. The van der Waals surface area contributed by atoms with E-state index in [9.17, 15) is 4.79 Å². The van der Waals surface area contributed by atoms with E-state index in [1.54, 1.807) is 0 Å². The lowest BCUT2D eigenvalue weighted by molar-refractivity contribution is -0.155. The number of rotatable bonds is 3. The molecule has 0 radical (unpaired) electrons. The van der Waals surface area contributed by atoms with Crippen LogP contribution in [0.5, 0.6) is 0 Å². The van der Waals surface area contributed by atoms with Crippen molar-refractivity contribution in [3.63, 3.8) is 0 Å². The molecule has 0 N–H and O–H groups in total. The molecule has 4 fully saturated rings. The maximum atomic E-state index is 12.3. The van der Waals surface area contributed by atoms with Gasteiger partial charge in [0.15, 0.2) is 0 Å². The molecule has 0 bridgehead atoms. The first kappa shape index (κ1) is 13.8. The van der Waals surface area contributed by atoms with Crippen molar-refractivity contribution in [1.82, 2.24) is 0 Å². The van der Waals surface area contributed by atoms with Crippen molar-refractivity contribution >= 4 is 5.97 Å². The third kappa shape index (κ3) is 2.88. The van der Waals surface area contributed by atoms with Crippen LogP contribution in [0.1, 0.15) is 52.4 Å². The lowest BCUT2D eigenvalue weighted by Gasteiger charge is -2.31. The highest BCUT2D eigenvalue weighted by molar-refractivity contribution is 5.88. The van der Waals surface area contributed by atoms with Gasteiger partial charge in [0.05, 0.1) is 24.4 Å². The molecule has 6 unspecified atom stereocenters. The number of carbonyl (C=O) groups is 1. The molecule has 4 aliphatic rings. The molecule has 0 aromatic rings. The molecule has 2 saturated heterocycles. The molecule has 0 aromatic heterocycles. The van der Waals surface area contributed by atoms with E-state index in [-0.39, 0.29) is 11.6 Å². The predicted molar refractivity (Wildman–Crippen MR) is 76.8 cm³/mol. The van der Waals surface area contributed by atoms with Gasteiger partial charge in [-0.05, 0) is 51.9 Å². The van der Waals surface area contributed by atoms with E-state index in [1.807, 2.05) is 13.8 Å². The zero-order valence-electron chi connectivity index (χ0n) is 12.8. The summed E-state index contributed by atoms with van der Waals surface area (Å²) in [5, 5.41) is 0. The molecule has 4 nitrogen and oxygen atoms in total. The molecule has 0 aromatic carbocycles. The lowest BCUT2D eigenvalue weighted by atomic mass is 9.86. The molecular weight excluding hydrogens is 268 g/mol. The number of ether oxygens (including phenoxy) is 3. The molecule has 0 amide bonds. The molecule has 2 aliphatic carbocycles. The Bertz CT molecular complexity index is 485. The van der Waals surface area contributed by atoms with Crippen molar-refractivity contribution < 1.29 is 19.0 Å². The van der Waals surface area contributed by atoms with Crippen molar-refractivity contribution in [3.8, 4) is 0 Å². The van der Waals surface area contributed by atoms with Gasteiger partial charge in [0.25, 0.3) is 0 Å². The minimum atomic E-state index is -0.346. The number of carbonyl (C=O) groups excluding carboxylic acids is 1. The van der Waals surface area contributed by atoms with Gasteiger partial charge in [-0.2, -0.15) is 0 Å². The Morgan fingerprint density at radius 2 is 1.90 bits per heavy atom. The van der Waals surface area contributed by atoms with E-state index >= 15 is 0 Å². The van der Waals surface area contributed by atoms with E-state index in [0.717, 1.165) is 44.1 Å². The Kier molecular flexibility index (Phi) is 3.16. The van der Waals surface area contributed by atoms with E-state index in [1.165, 1.54) is 0 Å². The molecular formula is C17H24O4. The molecule has 2 aliphatic heterocycles. The third-order valence-electron chi connectivity index (χ3n) is 5.47. The van der Waals surface area contributed by atoms with Crippen LogP contribution in [0.25, 0.3) is 0 Å². The Balaban J connectivity index is 1.34. The monoisotopic (exact) mass is 292 g/mol. The Morgan fingerprint density at radius 3 is 2.67 bits per heavy atom. The molecule has 4 heteroatoms. The first-order chi connectivity index (χ1) is 10.0. The normalized spacial score (nSPS) is 48.1. The van der Waals surface area contributed by atoms with Crippen LogP contribution in [0.3, 0.4) is 0 Å². The van der Waals surface area contributed by atoms with Crippen molar-refractivity contribution in [2.45, 2.75) is 82.4 Å². The number of allylic oxidation sites excluding steroid dienone is 1. The lowest BCUT2D eigenvalue weighted by Crippen LogP contribution is -2.37. The van der Waals surface area contributed by atoms with Gasteiger partial charge in [0.1, 0.15) is 5.60 Å². The first-order valence-corrected chi connectivity index (χ1v) is 8.25. The quantitative estimate of drug-likeness (QED) is 0.456. The summed E-state index contributed by atoms with van der Waals surface area (Å²) in [7, 11) is 0. The van der Waals surface area contributed by atoms with Crippen LogP contribution < -0.4 is 0 Å². The summed E-state index contributed by atoms with van der Waals surface area (Å²) in [6.07, 6.45) is 9.90. The molecule has 2 heterocycles. The van der Waals surface area contributed by atoms with E-state index in [2.05, 4.69) is 6.08 Å². The SMILES string of the molecule is CC(=CC1CCC2OC2C1)C(=O)OC1(C)CCC2OC2C1. The smallest absolute Gasteiger partial charge is 0.333 e. The average molecular weight is 292 g/mol. The molecule has 4 rings (SSSR count). The van der Waals surface area contributed by atoms with Crippen LogP contribution in [0, 0.1) is 5.92 Å². The number of epoxide rings is 2. The van der Waals surface area contributed by atoms with Crippen LogP contribution in [0.4, 0.5) is 0 Å². The molecule has 2 saturated carbocycles. The summed E-state index contributed by atoms with van der Waals surface area (Å²) in [4.78, 5) is 12.3. The Morgan fingerprint density at radius 1 is 1.14 bits per heavy atom. The first-order valence-electron chi connectivity index (χ1n) is 8.25. The van der Waals surface area contributed by atoms with E-state index in [4.69, 9.17) is 14.2 Å². The Hall–Kier alpha value is -0.870. The number of hydrogen-bond acceptors (Lipinski definition) is 4. The van der Waals surface area contributed by atoms with Gasteiger partial charge in [0.2, 0.25) is 0 Å². The highest BCUT2D eigenvalue weighted by Gasteiger charge is 2.50. The fourth-order valence-corrected chi connectivity index (χ4v) is 3.99. The second kappa shape index (κ2) is 4.82. The number of hydrogen-bond donors (Lipinski definition) is 0. The summed E-state index contributed by atoms with van der Waals surface area (Å²) in [6.45, 7) is 3.92. The summed E-state index contributed by atoms with van der Waals surface area (Å²) in [5.41, 5.74) is 0.403. The zero-order chi connectivity index (χ0) is 14.6.